The normalized spacial score (nSPS) is 15.4. The topological polar surface area (TPSA) is 91.1 Å². The van der Waals surface area contributed by atoms with Crippen LogP contribution in [0, 0.1) is 5.82 Å². The number of nitrogens with one attached hydrogen (secondary N) is 1. The van der Waals surface area contributed by atoms with Gasteiger partial charge in [0.2, 0.25) is 0 Å². The molecule has 1 fully saturated rings. The van der Waals surface area contributed by atoms with Crippen LogP contribution in [-0.4, -0.2) is 66.3 Å². The fourth-order valence-electron chi connectivity index (χ4n) is 3.69. The molecule has 1 unspecified atom stereocenters. The molecule has 0 saturated carbocycles. The van der Waals surface area contributed by atoms with Gasteiger partial charge in [0.1, 0.15) is 24.0 Å². The van der Waals surface area contributed by atoms with Gasteiger partial charge in [0, 0.05) is 32.7 Å². The first-order chi connectivity index (χ1) is 16.1. The summed E-state index contributed by atoms with van der Waals surface area (Å²) in [6, 6.07) is 13.1. The lowest BCUT2D eigenvalue weighted by molar-refractivity contribution is 0.00440. The summed E-state index contributed by atoms with van der Waals surface area (Å²) < 4.78 is 24.5. The maximum Gasteiger partial charge on any atom is 0.258 e. The maximum atomic E-state index is 13.8. The highest BCUT2D eigenvalue weighted by atomic mass is 19.1. The highest BCUT2D eigenvalue weighted by Gasteiger charge is 2.20. The van der Waals surface area contributed by atoms with Gasteiger partial charge in [0.25, 0.3) is 5.91 Å². The number of rotatable bonds is 9. The molecule has 1 aliphatic rings. The summed E-state index contributed by atoms with van der Waals surface area (Å²) in [7, 11) is 0. The van der Waals surface area contributed by atoms with Gasteiger partial charge in [-0.15, -0.1) is 0 Å². The number of β-amino-alcohol motifs (C(OH)–C–C–N with tert-alkyl or cyclic N) is 1. The number of amides is 1. The van der Waals surface area contributed by atoms with Crippen molar-refractivity contribution in [3.05, 3.63) is 78.1 Å². The van der Waals surface area contributed by atoms with Gasteiger partial charge >= 0.3 is 0 Å². The first kappa shape index (κ1) is 22.9. The average molecular weight is 455 g/mol. The van der Waals surface area contributed by atoms with Gasteiger partial charge in [-0.2, -0.15) is 0 Å². The molecule has 1 atom stereocenters. The van der Waals surface area contributed by atoms with E-state index < -0.39 is 17.8 Å². The van der Waals surface area contributed by atoms with E-state index >= 15 is 0 Å². The molecule has 8 nitrogen and oxygen atoms in total. The zero-order valence-electron chi connectivity index (χ0n) is 18.2. The summed E-state index contributed by atoms with van der Waals surface area (Å²) in [6.45, 7) is 4.27. The average Bonchev–Trinajstić information content (AvgIpc) is 3.34. The molecule has 0 aliphatic carbocycles. The van der Waals surface area contributed by atoms with Crippen LogP contribution in [0.1, 0.15) is 16.1 Å². The number of aliphatic hydroxyl groups is 1. The lowest BCUT2D eigenvalue weighted by Crippen LogP contribution is -2.49. The summed E-state index contributed by atoms with van der Waals surface area (Å²) in [6.07, 6.45) is 2.60. The van der Waals surface area contributed by atoms with Crippen molar-refractivity contribution in [1.82, 2.24) is 9.88 Å². The summed E-state index contributed by atoms with van der Waals surface area (Å²) in [5.41, 5.74) is 0.495. The van der Waals surface area contributed by atoms with E-state index in [1.807, 2.05) is 12.1 Å². The van der Waals surface area contributed by atoms with Crippen LogP contribution in [0.15, 0.2) is 65.4 Å². The lowest BCUT2D eigenvalue weighted by atomic mass is 10.2. The highest BCUT2D eigenvalue weighted by molar-refractivity contribution is 6.04. The second-order valence-electron chi connectivity index (χ2n) is 7.88. The second kappa shape index (κ2) is 11.0. The van der Waals surface area contributed by atoms with Gasteiger partial charge in [0.05, 0.1) is 36.4 Å². The summed E-state index contributed by atoms with van der Waals surface area (Å²) in [4.78, 5) is 21.0. The first-order valence-corrected chi connectivity index (χ1v) is 10.9. The Morgan fingerprint density at radius 1 is 1.15 bits per heavy atom. The molecule has 9 heteroatoms. The molecule has 174 valence electrons. The van der Waals surface area contributed by atoms with Crippen LogP contribution in [0.2, 0.25) is 0 Å². The SMILES string of the molecule is O=C(Nc1ccc(N2CCN(CC(O)COCc3ccco3)CC2)nc1)c1ccccc1F. The second-order valence-corrected chi connectivity index (χ2v) is 7.88. The highest BCUT2D eigenvalue weighted by Crippen LogP contribution is 2.18. The largest absolute Gasteiger partial charge is 0.467 e. The molecule has 1 aromatic carbocycles. The van der Waals surface area contributed by atoms with Crippen LogP contribution < -0.4 is 10.2 Å². The molecule has 1 saturated heterocycles. The Balaban J connectivity index is 1.20. The number of carbonyl (C=O) groups is 1. The van der Waals surface area contributed by atoms with Crippen molar-refractivity contribution in [2.75, 3.05) is 49.5 Å². The standard InChI is InChI=1S/C24H27FN4O4/c25-22-6-2-1-5-21(22)24(31)27-18-7-8-23(26-14-18)29-11-9-28(10-12-29)15-19(30)16-32-17-20-4-3-13-33-20/h1-8,13-14,19,30H,9-12,15-17H2,(H,27,31). The van der Waals surface area contributed by atoms with Gasteiger partial charge in [-0.25, -0.2) is 9.37 Å². The molecule has 33 heavy (non-hydrogen) atoms. The third kappa shape index (κ3) is 6.38. The number of pyridine rings is 1. The zero-order chi connectivity index (χ0) is 23.0. The van der Waals surface area contributed by atoms with E-state index in [4.69, 9.17) is 9.15 Å². The molecule has 0 radical (unpaired) electrons. The predicted octanol–water partition coefficient (Wildman–Crippen LogP) is 2.77. The van der Waals surface area contributed by atoms with Crippen molar-refractivity contribution in [2.45, 2.75) is 12.7 Å². The van der Waals surface area contributed by atoms with E-state index in [1.54, 1.807) is 36.7 Å². The van der Waals surface area contributed by atoms with E-state index in [9.17, 15) is 14.3 Å². The van der Waals surface area contributed by atoms with E-state index in [0.29, 0.717) is 18.8 Å². The van der Waals surface area contributed by atoms with Crippen molar-refractivity contribution >= 4 is 17.4 Å². The predicted molar refractivity (Wildman–Crippen MR) is 122 cm³/mol. The van der Waals surface area contributed by atoms with E-state index in [1.165, 1.54) is 12.1 Å². The minimum absolute atomic E-state index is 0.00810. The van der Waals surface area contributed by atoms with Gasteiger partial charge in [-0.1, -0.05) is 12.1 Å². The molecule has 0 spiro atoms. The lowest BCUT2D eigenvalue weighted by Gasteiger charge is -2.36. The Hall–Kier alpha value is -3.27. The smallest absolute Gasteiger partial charge is 0.258 e. The van der Waals surface area contributed by atoms with Crippen LogP contribution in [0.25, 0.3) is 0 Å². The number of hydrogen-bond donors (Lipinski definition) is 2. The number of aromatic nitrogens is 1. The molecular weight excluding hydrogens is 427 g/mol. The van der Waals surface area contributed by atoms with E-state index in [0.717, 1.165) is 37.8 Å². The van der Waals surface area contributed by atoms with E-state index in [2.05, 4.69) is 20.1 Å². The summed E-state index contributed by atoms with van der Waals surface area (Å²) >= 11 is 0. The number of hydrogen-bond acceptors (Lipinski definition) is 7. The fraction of sp³-hybridized carbons (Fsp3) is 0.333. The van der Waals surface area contributed by atoms with Crippen molar-refractivity contribution in [3.8, 4) is 0 Å². The number of anilines is 2. The quantitative estimate of drug-likeness (QED) is 0.514. The maximum absolute atomic E-state index is 13.8. The Morgan fingerprint density at radius 3 is 2.67 bits per heavy atom. The fourth-order valence-corrected chi connectivity index (χ4v) is 3.69. The van der Waals surface area contributed by atoms with Crippen LogP contribution in [0.3, 0.4) is 0 Å². The minimum atomic E-state index is -0.568. The Labute approximate surface area is 191 Å². The molecule has 2 aromatic heterocycles. The summed E-state index contributed by atoms with van der Waals surface area (Å²) in [5, 5.41) is 12.9. The molecular formula is C24H27FN4O4. The van der Waals surface area contributed by atoms with Gasteiger partial charge in [-0.05, 0) is 36.4 Å². The third-order valence-corrected chi connectivity index (χ3v) is 5.42. The van der Waals surface area contributed by atoms with Crippen molar-refractivity contribution in [2.24, 2.45) is 0 Å². The molecule has 1 aliphatic heterocycles. The number of furan rings is 1. The van der Waals surface area contributed by atoms with Crippen molar-refractivity contribution < 1.29 is 23.4 Å². The Kier molecular flexibility index (Phi) is 7.66. The molecule has 4 rings (SSSR count). The van der Waals surface area contributed by atoms with Crippen LogP contribution in [-0.2, 0) is 11.3 Å². The number of halogens is 1. The summed E-state index contributed by atoms with van der Waals surface area (Å²) in [5.74, 6) is 0.469. The number of carbonyl (C=O) groups excluding carboxylic acids is 1. The minimum Gasteiger partial charge on any atom is -0.467 e. The van der Waals surface area contributed by atoms with Gasteiger partial charge in [0.15, 0.2) is 0 Å². The van der Waals surface area contributed by atoms with E-state index in [-0.39, 0.29) is 12.2 Å². The van der Waals surface area contributed by atoms with Crippen molar-refractivity contribution in [3.63, 3.8) is 0 Å². The monoisotopic (exact) mass is 454 g/mol. The zero-order valence-corrected chi connectivity index (χ0v) is 18.2. The number of ether oxygens (including phenoxy) is 1. The van der Waals surface area contributed by atoms with Gasteiger partial charge < -0.3 is 24.5 Å². The van der Waals surface area contributed by atoms with Crippen LogP contribution >= 0.6 is 0 Å². The van der Waals surface area contributed by atoms with Crippen molar-refractivity contribution in [1.29, 1.82) is 0 Å². The number of piperazine rings is 1. The number of aliphatic hydroxyl groups excluding tert-OH is 1. The molecule has 2 N–H and O–H groups in total. The Bertz CT molecular complexity index is 1020. The number of nitrogens with zero attached hydrogens (tertiary/aromatic N) is 3. The van der Waals surface area contributed by atoms with Gasteiger partial charge in [-0.3, -0.25) is 9.69 Å². The number of benzene rings is 1. The molecule has 3 aromatic rings. The Morgan fingerprint density at radius 2 is 1.97 bits per heavy atom. The van der Waals surface area contributed by atoms with Crippen LogP contribution in [0.5, 0.6) is 0 Å². The molecule has 3 heterocycles. The molecule has 0 bridgehead atoms. The molecule has 1 amide bonds. The third-order valence-electron chi connectivity index (χ3n) is 5.42. The van der Waals surface area contributed by atoms with Crippen LogP contribution in [0.4, 0.5) is 15.9 Å². The first-order valence-electron chi connectivity index (χ1n) is 10.9.